The second kappa shape index (κ2) is 76.3. The van der Waals surface area contributed by atoms with Crippen LogP contribution in [0.15, 0.2) is 48.6 Å². The Hall–Kier alpha value is -2.18. The third kappa shape index (κ3) is 72.8. The minimum Gasteiger partial charge on any atom is -0.466 e. The molecule has 0 radical (unpaired) electrons. The third-order valence-corrected chi connectivity index (χ3v) is 18.3. The van der Waals surface area contributed by atoms with Gasteiger partial charge in [0.2, 0.25) is 5.91 Å². The summed E-state index contributed by atoms with van der Waals surface area (Å²) >= 11 is 0. The molecule has 0 saturated heterocycles. The minimum atomic E-state index is -0.845. The lowest BCUT2D eigenvalue weighted by atomic mass is 10.0. The molecular formula is C81H153NO5. The lowest BCUT2D eigenvalue weighted by Gasteiger charge is -2.20. The highest BCUT2D eigenvalue weighted by molar-refractivity contribution is 5.76. The molecule has 0 heterocycles. The monoisotopic (exact) mass is 1220 g/mol. The standard InChI is InChI=1S/C81H153NO5/c1-3-5-7-9-11-13-15-17-19-21-22-36-39-42-45-49-53-57-61-65-69-73-79(84)78(77-83)82-80(85)74-70-66-62-58-54-50-46-43-40-37-34-32-30-28-26-24-23-25-27-29-31-33-35-38-41-44-48-52-56-60-64-68-72-76-87-81(86)75-71-67-63-59-55-51-47-20-18-16-14-12-10-8-6-4-2/h20,27,29,33,35,47,69,73,78-79,83-84H,3-19,21-26,28,30-32,34,36-46,48-68,70-72,74-77H2,1-2H3,(H,82,85)/b29-27-,35-33-,47-20-,73-69+. The predicted octanol–water partition coefficient (Wildman–Crippen LogP) is 26.0. The van der Waals surface area contributed by atoms with Gasteiger partial charge in [-0.2, -0.15) is 0 Å². The maximum Gasteiger partial charge on any atom is 0.305 e. The molecule has 1 amide bonds. The molecule has 0 aliphatic carbocycles. The number of aliphatic hydroxyl groups excluding tert-OH is 2. The summed E-state index contributed by atoms with van der Waals surface area (Å²) in [6.45, 7) is 4.94. The maximum absolute atomic E-state index is 12.5. The smallest absolute Gasteiger partial charge is 0.305 e. The largest absolute Gasteiger partial charge is 0.466 e. The number of ether oxygens (including phenoxy) is 1. The molecule has 0 saturated carbocycles. The summed E-state index contributed by atoms with van der Waals surface area (Å²) < 4.78 is 5.50. The summed E-state index contributed by atoms with van der Waals surface area (Å²) in [5.41, 5.74) is 0. The second-order valence-electron chi connectivity index (χ2n) is 27.0. The topological polar surface area (TPSA) is 95.9 Å². The van der Waals surface area contributed by atoms with Crippen molar-refractivity contribution in [1.82, 2.24) is 5.32 Å². The number of hydrogen-bond acceptors (Lipinski definition) is 5. The van der Waals surface area contributed by atoms with Crippen LogP contribution < -0.4 is 5.32 Å². The van der Waals surface area contributed by atoms with E-state index >= 15 is 0 Å². The lowest BCUT2D eigenvalue weighted by molar-refractivity contribution is -0.143. The first-order valence-corrected chi connectivity index (χ1v) is 39.4. The Morgan fingerprint density at radius 1 is 0.322 bits per heavy atom. The van der Waals surface area contributed by atoms with Crippen LogP contribution in [0, 0.1) is 0 Å². The SMILES string of the molecule is CCCCCCCCC/C=C\CCCCCCCC(=O)OCCCCCCCCCCC/C=C\C/C=C\CCCCCCCCCCCCCCCCCCCC(=O)NC(CO)C(O)/C=C/CCCCCCCCCCCCCCCCCCCCC. The van der Waals surface area contributed by atoms with E-state index in [0.717, 1.165) is 51.4 Å². The van der Waals surface area contributed by atoms with Crippen LogP contribution in [0.4, 0.5) is 0 Å². The van der Waals surface area contributed by atoms with Crippen molar-refractivity contribution in [2.45, 2.75) is 443 Å². The first-order valence-electron chi connectivity index (χ1n) is 39.4. The van der Waals surface area contributed by atoms with Gasteiger partial charge in [-0.15, -0.1) is 0 Å². The van der Waals surface area contributed by atoms with Crippen LogP contribution in [0.2, 0.25) is 0 Å². The van der Waals surface area contributed by atoms with E-state index in [2.05, 4.69) is 55.6 Å². The molecule has 512 valence electrons. The molecule has 0 rings (SSSR count). The minimum absolute atomic E-state index is 0.00701. The number of aliphatic hydroxyl groups is 2. The van der Waals surface area contributed by atoms with Crippen LogP contribution in [0.1, 0.15) is 431 Å². The molecule has 0 aliphatic heterocycles. The number of nitrogens with one attached hydrogen (secondary N) is 1. The van der Waals surface area contributed by atoms with E-state index in [1.165, 1.54) is 353 Å². The summed E-state index contributed by atoms with van der Waals surface area (Å²) in [4.78, 5) is 24.6. The van der Waals surface area contributed by atoms with E-state index in [-0.39, 0.29) is 18.5 Å². The average molecular weight is 1220 g/mol. The number of carbonyl (C=O) groups is 2. The highest BCUT2D eigenvalue weighted by Crippen LogP contribution is 2.19. The van der Waals surface area contributed by atoms with Gasteiger partial charge in [0.25, 0.3) is 0 Å². The fraction of sp³-hybridized carbons (Fsp3) is 0.877. The van der Waals surface area contributed by atoms with Crippen molar-refractivity contribution >= 4 is 11.9 Å². The average Bonchev–Trinajstić information content (AvgIpc) is 3.55. The van der Waals surface area contributed by atoms with Crippen molar-refractivity contribution in [2.75, 3.05) is 13.2 Å². The Labute approximate surface area is 544 Å². The molecule has 87 heavy (non-hydrogen) atoms. The first kappa shape index (κ1) is 84.8. The molecule has 2 atom stereocenters. The zero-order valence-corrected chi connectivity index (χ0v) is 58.8. The van der Waals surface area contributed by atoms with E-state index in [4.69, 9.17) is 4.74 Å². The molecule has 0 bridgehead atoms. The second-order valence-corrected chi connectivity index (χ2v) is 27.0. The van der Waals surface area contributed by atoms with Crippen LogP contribution >= 0.6 is 0 Å². The molecular weight excluding hydrogens is 1070 g/mol. The highest BCUT2D eigenvalue weighted by atomic mass is 16.5. The van der Waals surface area contributed by atoms with Crippen LogP contribution in [0.5, 0.6) is 0 Å². The van der Waals surface area contributed by atoms with Crippen LogP contribution in [-0.2, 0) is 14.3 Å². The number of unbranched alkanes of at least 4 members (excludes halogenated alkanes) is 57. The summed E-state index contributed by atoms with van der Waals surface area (Å²) in [7, 11) is 0. The number of hydrogen-bond donors (Lipinski definition) is 3. The summed E-state index contributed by atoms with van der Waals surface area (Å²) in [5.74, 6) is -0.0551. The highest BCUT2D eigenvalue weighted by Gasteiger charge is 2.18. The van der Waals surface area contributed by atoms with Gasteiger partial charge in [0.15, 0.2) is 0 Å². The van der Waals surface area contributed by atoms with Gasteiger partial charge in [-0.3, -0.25) is 9.59 Å². The number of amides is 1. The molecule has 0 aromatic rings. The van der Waals surface area contributed by atoms with Crippen LogP contribution in [0.25, 0.3) is 0 Å². The Kier molecular flexibility index (Phi) is 74.4. The zero-order chi connectivity index (χ0) is 62.8. The van der Waals surface area contributed by atoms with Crippen molar-refractivity contribution in [3.63, 3.8) is 0 Å². The van der Waals surface area contributed by atoms with Gasteiger partial charge < -0.3 is 20.3 Å². The molecule has 2 unspecified atom stereocenters. The van der Waals surface area contributed by atoms with E-state index in [9.17, 15) is 19.8 Å². The number of allylic oxidation sites excluding steroid dienone is 7. The van der Waals surface area contributed by atoms with E-state index in [1.54, 1.807) is 6.08 Å². The Morgan fingerprint density at radius 3 is 0.885 bits per heavy atom. The van der Waals surface area contributed by atoms with Crippen molar-refractivity contribution in [2.24, 2.45) is 0 Å². The Morgan fingerprint density at radius 2 is 0.575 bits per heavy atom. The molecule has 0 aromatic heterocycles. The Bertz CT molecular complexity index is 1450. The van der Waals surface area contributed by atoms with Gasteiger partial charge in [-0.25, -0.2) is 0 Å². The normalized spacial score (nSPS) is 12.7. The van der Waals surface area contributed by atoms with E-state index in [0.29, 0.717) is 19.4 Å². The van der Waals surface area contributed by atoms with E-state index in [1.807, 2.05) is 6.08 Å². The molecule has 0 aromatic carbocycles. The number of esters is 1. The molecule has 0 aliphatic rings. The maximum atomic E-state index is 12.5. The third-order valence-electron chi connectivity index (χ3n) is 18.3. The summed E-state index contributed by atoms with van der Waals surface area (Å²) in [6.07, 6.45) is 101. The predicted molar refractivity (Wildman–Crippen MR) is 384 cm³/mol. The Balaban J connectivity index is 3.40. The van der Waals surface area contributed by atoms with Crippen molar-refractivity contribution < 1.29 is 24.5 Å². The molecule has 6 heteroatoms. The van der Waals surface area contributed by atoms with Gasteiger partial charge in [-0.1, -0.05) is 377 Å². The molecule has 0 spiro atoms. The van der Waals surface area contributed by atoms with Crippen molar-refractivity contribution in [3.8, 4) is 0 Å². The molecule has 3 N–H and O–H groups in total. The van der Waals surface area contributed by atoms with Crippen molar-refractivity contribution in [1.29, 1.82) is 0 Å². The van der Waals surface area contributed by atoms with E-state index < -0.39 is 12.1 Å². The van der Waals surface area contributed by atoms with Gasteiger partial charge in [0.05, 0.1) is 25.4 Å². The molecule has 6 nitrogen and oxygen atoms in total. The number of rotatable bonds is 74. The van der Waals surface area contributed by atoms with Crippen LogP contribution in [0.3, 0.4) is 0 Å². The van der Waals surface area contributed by atoms with Crippen LogP contribution in [-0.4, -0.2) is 47.4 Å². The number of carbonyl (C=O) groups excluding carboxylic acids is 2. The van der Waals surface area contributed by atoms with Gasteiger partial charge in [0.1, 0.15) is 0 Å². The lowest BCUT2D eigenvalue weighted by Crippen LogP contribution is -2.45. The zero-order valence-electron chi connectivity index (χ0n) is 58.8. The van der Waals surface area contributed by atoms with Gasteiger partial charge in [0, 0.05) is 12.8 Å². The van der Waals surface area contributed by atoms with Crippen molar-refractivity contribution in [3.05, 3.63) is 48.6 Å². The fourth-order valence-corrected chi connectivity index (χ4v) is 12.3. The fourth-order valence-electron chi connectivity index (χ4n) is 12.3. The van der Waals surface area contributed by atoms with Gasteiger partial charge >= 0.3 is 5.97 Å². The summed E-state index contributed by atoms with van der Waals surface area (Å²) in [5, 5.41) is 23.3. The van der Waals surface area contributed by atoms with Gasteiger partial charge in [-0.05, 0) is 89.9 Å². The molecule has 0 fully saturated rings. The first-order chi connectivity index (χ1) is 43.0. The summed E-state index contributed by atoms with van der Waals surface area (Å²) in [6, 6.07) is -0.628. The quantitative estimate of drug-likeness (QED) is 0.0320.